The van der Waals surface area contributed by atoms with Gasteiger partial charge in [-0.3, -0.25) is 0 Å². The molecule has 0 fully saturated rings. The number of thiazole rings is 1. The van der Waals surface area contributed by atoms with Crippen molar-refractivity contribution in [1.29, 1.82) is 0 Å². The maximum atomic E-state index is 4.62. The van der Waals surface area contributed by atoms with Gasteiger partial charge >= 0.3 is 0 Å². The fourth-order valence-corrected chi connectivity index (χ4v) is 2.64. The molecule has 0 spiro atoms. The van der Waals surface area contributed by atoms with Crippen molar-refractivity contribution in [3.63, 3.8) is 0 Å². The van der Waals surface area contributed by atoms with Gasteiger partial charge in [0.15, 0.2) is 5.13 Å². The van der Waals surface area contributed by atoms with E-state index < -0.39 is 0 Å². The van der Waals surface area contributed by atoms with Crippen LogP contribution < -0.4 is 4.90 Å². The van der Waals surface area contributed by atoms with E-state index in [4.69, 9.17) is 0 Å². The number of benzene rings is 1. The molecule has 0 amide bonds. The average molecular weight is 281 g/mol. The predicted molar refractivity (Wildman–Crippen MR) is 87.1 cm³/mol. The van der Waals surface area contributed by atoms with Crippen molar-refractivity contribution in [1.82, 2.24) is 9.97 Å². The molecule has 0 aliphatic heterocycles. The highest BCUT2D eigenvalue weighted by atomic mass is 32.1. The highest BCUT2D eigenvalue weighted by molar-refractivity contribution is 7.16. The molecule has 2 heterocycles. The van der Waals surface area contributed by atoms with E-state index in [-0.39, 0.29) is 0 Å². The second-order valence-electron chi connectivity index (χ2n) is 4.70. The van der Waals surface area contributed by atoms with Gasteiger partial charge < -0.3 is 4.90 Å². The summed E-state index contributed by atoms with van der Waals surface area (Å²) in [4.78, 5) is 12.1. The lowest BCUT2D eigenvalue weighted by molar-refractivity contribution is 1.10. The van der Waals surface area contributed by atoms with E-state index in [1.54, 1.807) is 11.3 Å². The number of rotatable bonds is 3. The first kappa shape index (κ1) is 12.8. The normalized spacial score (nSPS) is 11.3. The lowest BCUT2D eigenvalue weighted by Crippen LogP contribution is -2.07. The number of fused-ring (bicyclic) bond motifs is 1. The average Bonchev–Trinajstić information content (AvgIpc) is 2.94. The van der Waals surface area contributed by atoms with Crippen molar-refractivity contribution in [2.75, 3.05) is 19.0 Å². The highest BCUT2D eigenvalue weighted by Gasteiger charge is 2.01. The molecule has 0 aliphatic rings. The molecular formula is C16H15N3S. The summed E-state index contributed by atoms with van der Waals surface area (Å²) in [6.07, 6.45) is 5.97. The Hall–Kier alpha value is -2.20. The van der Waals surface area contributed by atoms with Crippen LogP contribution in [0.25, 0.3) is 23.1 Å². The Labute approximate surface area is 122 Å². The van der Waals surface area contributed by atoms with Gasteiger partial charge in [0.25, 0.3) is 0 Å². The number of hydrogen-bond donors (Lipinski definition) is 0. The zero-order valence-corrected chi connectivity index (χ0v) is 12.3. The maximum absolute atomic E-state index is 4.62. The van der Waals surface area contributed by atoms with Crippen LogP contribution in [0, 0.1) is 0 Å². The largest absolute Gasteiger partial charge is 0.354 e. The lowest BCUT2D eigenvalue weighted by Gasteiger charge is -2.04. The fraction of sp³-hybridized carbons (Fsp3) is 0.125. The monoisotopic (exact) mass is 281 g/mol. The van der Waals surface area contributed by atoms with Gasteiger partial charge in [0.1, 0.15) is 0 Å². The zero-order chi connectivity index (χ0) is 13.9. The van der Waals surface area contributed by atoms with E-state index in [0.717, 1.165) is 26.6 Å². The predicted octanol–water partition coefficient (Wildman–Crippen LogP) is 3.93. The summed E-state index contributed by atoms with van der Waals surface area (Å²) in [5.74, 6) is 0. The van der Waals surface area contributed by atoms with Gasteiger partial charge in [-0.2, -0.15) is 0 Å². The Morgan fingerprint density at radius 3 is 2.70 bits per heavy atom. The number of nitrogens with zero attached hydrogens (tertiary/aromatic N) is 3. The number of anilines is 1. The third kappa shape index (κ3) is 2.70. The van der Waals surface area contributed by atoms with Gasteiger partial charge in [-0.25, -0.2) is 9.97 Å². The van der Waals surface area contributed by atoms with Gasteiger partial charge in [0.05, 0.1) is 11.2 Å². The molecule has 3 aromatic rings. The maximum Gasteiger partial charge on any atom is 0.185 e. The Kier molecular flexibility index (Phi) is 3.48. The molecule has 0 radical (unpaired) electrons. The molecule has 1 aromatic carbocycles. The van der Waals surface area contributed by atoms with Crippen LogP contribution in [0.4, 0.5) is 5.13 Å². The molecule has 0 unspecified atom stereocenters. The SMILES string of the molecule is CN(C)c1ncc(/C=C/c2ccc3ccccc3n2)s1. The molecule has 0 N–H and O–H groups in total. The minimum atomic E-state index is 0.962. The van der Waals surface area contributed by atoms with Gasteiger partial charge in [0, 0.05) is 30.6 Å². The minimum Gasteiger partial charge on any atom is -0.354 e. The molecule has 3 nitrogen and oxygen atoms in total. The third-order valence-electron chi connectivity index (χ3n) is 2.93. The minimum absolute atomic E-state index is 0.962. The van der Waals surface area contributed by atoms with Crippen molar-refractivity contribution in [2.45, 2.75) is 0 Å². The van der Waals surface area contributed by atoms with Gasteiger partial charge in [-0.05, 0) is 24.3 Å². The Morgan fingerprint density at radius 1 is 1.05 bits per heavy atom. The first-order chi connectivity index (χ1) is 9.72. The van der Waals surface area contributed by atoms with Crippen LogP contribution in [0.2, 0.25) is 0 Å². The van der Waals surface area contributed by atoms with Gasteiger partial charge in [-0.1, -0.05) is 35.6 Å². The third-order valence-corrected chi connectivity index (χ3v) is 4.06. The summed E-state index contributed by atoms with van der Waals surface area (Å²) in [5.41, 5.74) is 1.98. The quantitative estimate of drug-likeness (QED) is 0.728. The summed E-state index contributed by atoms with van der Waals surface area (Å²) in [7, 11) is 3.99. The summed E-state index contributed by atoms with van der Waals surface area (Å²) >= 11 is 1.66. The van der Waals surface area contributed by atoms with Crippen molar-refractivity contribution >= 4 is 39.5 Å². The van der Waals surface area contributed by atoms with Crippen molar-refractivity contribution in [3.05, 3.63) is 53.2 Å². The second kappa shape index (κ2) is 5.43. The Morgan fingerprint density at radius 2 is 1.90 bits per heavy atom. The summed E-state index contributed by atoms with van der Waals surface area (Å²) < 4.78 is 0. The molecule has 0 saturated carbocycles. The van der Waals surface area contributed by atoms with Crippen LogP contribution >= 0.6 is 11.3 Å². The summed E-state index contributed by atoms with van der Waals surface area (Å²) in [6, 6.07) is 12.3. The molecule has 4 heteroatoms. The fourth-order valence-electron chi connectivity index (χ4n) is 1.90. The molecule has 20 heavy (non-hydrogen) atoms. The molecule has 2 aromatic heterocycles. The summed E-state index contributed by atoms with van der Waals surface area (Å²) in [6.45, 7) is 0. The van der Waals surface area contributed by atoms with Crippen LogP contribution in [-0.2, 0) is 0 Å². The molecule has 0 aliphatic carbocycles. The van der Waals surface area contributed by atoms with E-state index in [0.29, 0.717) is 0 Å². The van der Waals surface area contributed by atoms with E-state index >= 15 is 0 Å². The number of pyridine rings is 1. The van der Waals surface area contributed by atoms with Crippen molar-refractivity contribution in [3.8, 4) is 0 Å². The smallest absolute Gasteiger partial charge is 0.185 e. The number of para-hydroxylation sites is 1. The Balaban J connectivity index is 1.86. The Bertz CT molecular complexity index is 759. The standard InChI is InChI=1S/C16H15N3S/c1-19(2)16-17-11-14(20-16)10-9-13-8-7-12-5-3-4-6-15(12)18-13/h3-11H,1-2H3/b10-9+. The first-order valence-electron chi connectivity index (χ1n) is 6.39. The summed E-state index contributed by atoms with van der Waals surface area (Å²) in [5, 5.41) is 2.17. The van der Waals surface area contributed by atoms with Crippen LogP contribution in [0.5, 0.6) is 0 Å². The molecule has 3 rings (SSSR count). The number of hydrogen-bond acceptors (Lipinski definition) is 4. The van der Waals surface area contributed by atoms with E-state index in [9.17, 15) is 0 Å². The van der Waals surface area contributed by atoms with Gasteiger partial charge in [0.2, 0.25) is 0 Å². The molecular weight excluding hydrogens is 266 g/mol. The van der Waals surface area contributed by atoms with Crippen LogP contribution in [0.3, 0.4) is 0 Å². The molecule has 0 bridgehead atoms. The van der Waals surface area contributed by atoms with E-state index in [1.807, 2.05) is 55.5 Å². The van der Waals surface area contributed by atoms with Crippen LogP contribution in [0.1, 0.15) is 10.6 Å². The second-order valence-corrected chi connectivity index (χ2v) is 5.74. The van der Waals surface area contributed by atoms with Crippen LogP contribution in [-0.4, -0.2) is 24.1 Å². The van der Waals surface area contributed by atoms with Gasteiger partial charge in [-0.15, -0.1) is 0 Å². The zero-order valence-electron chi connectivity index (χ0n) is 11.4. The lowest BCUT2D eigenvalue weighted by atomic mass is 10.2. The van der Waals surface area contributed by atoms with Crippen molar-refractivity contribution < 1.29 is 0 Å². The van der Waals surface area contributed by atoms with E-state index in [1.165, 1.54) is 0 Å². The van der Waals surface area contributed by atoms with E-state index in [2.05, 4.69) is 28.2 Å². The molecule has 100 valence electrons. The highest BCUT2D eigenvalue weighted by Crippen LogP contribution is 2.22. The molecule has 0 saturated heterocycles. The first-order valence-corrected chi connectivity index (χ1v) is 7.21. The molecule has 0 atom stereocenters. The number of aromatic nitrogens is 2. The topological polar surface area (TPSA) is 29.0 Å². The van der Waals surface area contributed by atoms with Crippen molar-refractivity contribution in [2.24, 2.45) is 0 Å². The van der Waals surface area contributed by atoms with Crippen LogP contribution in [0.15, 0.2) is 42.6 Å².